The topological polar surface area (TPSA) is 60.2 Å². The van der Waals surface area contributed by atoms with Crippen LogP contribution in [0.4, 0.5) is 0 Å². The van der Waals surface area contributed by atoms with Crippen molar-refractivity contribution in [2.75, 3.05) is 0 Å². The Kier molecular flexibility index (Phi) is 4.98. The summed E-state index contributed by atoms with van der Waals surface area (Å²) in [5, 5.41) is 11.5. The molecule has 5 nitrogen and oxygen atoms in total. The first-order valence-corrected chi connectivity index (χ1v) is 6.87. The van der Waals surface area contributed by atoms with Gasteiger partial charge in [-0.05, 0) is 13.0 Å². The van der Waals surface area contributed by atoms with Gasteiger partial charge in [0.1, 0.15) is 23.7 Å². The molecule has 0 fully saturated rings. The average Bonchev–Trinajstić information content (AvgIpc) is 2.81. The molecule has 6 heteroatoms. The van der Waals surface area contributed by atoms with Gasteiger partial charge in [0.25, 0.3) is 0 Å². The first-order valence-electron chi connectivity index (χ1n) is 6.49. The van der Waals surface area contributed by atoms with Gasteiger partial charge < -0.3 is 10.1 Å². The lowest BCUT2D eigenvalue weighted by Gasteiger charge is -2.14. The molecule has 1 aromatic heterocycles. The standard InChI is InChI=1S/C14H18ClN3O2/c1-9(2)16-7-11-5-4-6-12(15)14(11)19-8-13-10(3)17-20-18-13/h4-6,9,16H,7-8H2,1-3H3. The molecule has 0 unspecified atom stereocenters. The van der Waals surface area contributed by atoms with E-state index in [0.717, 1.165) is 11.3 Å². The monoisotopic (exact) mass is 295 g/mol. The summed E-state index contributed by atoms with van der Waals surface area (Å²) >= 11 is 6.21. The molecule has 1 aromatic carbocycles. The lowest BCUT2D eigenvalue weighted by Crippen LogP contribution is -2.22. The second-order valence-electron chi connectivity index (χ2n) is 4.85. The van der Waals surface area contributed by atoms with Crippen molar-refractivity contribution >= 4 is 11.6 Å². The van der Waals surface area contributed by atoms with Crippen LogP contribution in [0.2, 0.25) is 5.02 Å². The van der Waals surface area contributed by atoms with E-state index in [1.165, 1.54) is 0 Å². The van der Waals surface area contributed by atoms with Gasteiger partial charge in [0.2, 0.25) is 0 Å². The number of para-hydroxylation sites is 1. The van der Waals surface area contributed by atoms with Crippen molar-refractivity contribution in [2.24, 2.45) is 0 Å². The molecule has 1 heterocycles. The van der Waals surface area contributed by atoms with Crippen LogP contribution in [0, 0.1) is 6.92 Å². The van der Waals surface area contributed by atoms with Gasteiger partial charge in [-0.2, -0.15) is 0 Å². The van der Waals surface area contributed by atoms with Gasteiger partial charge in [-0.15, -0.1) is 0 Å². The molecule has 0 aliphatic heterocycles. The lowest BCUT2D eigenvalue weighted by atomic mass is 10.2. The first kappa shape index (κ1) is 14.8. The number of ether oxygens (including phenoxy) is 1. The van der Waals surface area contributed by atoms with Crippen LogP contribution < -0.4 is 10.1 Å². The van der Waals surface area contributed by atoms with E-state index in [0.29, 0.717) is 29.1 Å². The molecular weight excluding hydrogens is 278 g/mol. The molecular formula is C14H18ClN3O2. The predicted molar refractivity (Wildman–Crippen MR) is 76.8 cm³/mol. The Balaban J connectivity index is 2.11. The van der Waals surface area contributed by atoms with Crippen LogP contribution in [0.1, 0.15) is 30.8 Å². The predicted octanol–water partition coefficient (Wildman–Crippen LogP) is 3.11. The molecule has 0 saturated carbocycles. The highest BCUT2D eigenvalue weighted by atomic mass is 35.5. The zero-order valence-electron chi connectivity index (χ0n) is 11.8. The number of aryl methyl sites for hydroxylation is 1. The SMILES string of the molecule is Cc1nonc1COc1c(Cl)cccc1CNC(C)C. The van der Waals surface area contributed by atoms with Crippen LogP contribution in [-0.4, -0.2) is 16.4 Å². The van der Waals surface area contributed by atoms with Crippen LogP contribution >= 0.6 is 11.6 Å². The summed E-state index contributed by atoms with van der Waals surface area (Å²) in [5.41, 5.74) is 2.41. The van der Waals surface area contributed by atoms with Crippen LogP contribution in [0.25, 0.3) is 0 Å². The molecule has 20 heavy (non-hydrogen) atoms. The minimum Gasteiger partial charge on any atom is -0.485 e. The molecule has 0 saturated heterocycles. The molecule has 0 aliphatic carbocycles. The highest BCUT2D eigenvalue weighted by Gasteiger charge is 2.12. The molecule has 0 radical (unpaired) electrons. The van der Waals surface area contributed by atoms with E-state index < -0.39 is 0 Å². The van der Waals surface area contributed by atoms with Gasteiger partial charge in [-0.25, -0.2) is 4.63 Å². The van der Waals surface area contributed by atoms with E-state index >= 15 is 0 Å². The normalized spacial score (nSPS) is 11.1. The Morgan fingerprint density at radius 3 is 2.80 bits per heavy atom. The van der Waals surface area contributed by atoms with E-state index in [-0.39, 0.29) is 6.61 Å². The summed E-state index contributed by atoms with van der Waals surface area (Å²) in [7, 11) is 0. The summed E-state index contributed by atoms with van der Waals surface area (Å²) in [4.78, 5) is 0. The molecule has 108 valence electrons. The second-order valence-corrected chi connectivity index (χ2v) is 5.26. The molecule has 0 spiro atoms. The Hall–Kier alpha value is -1.59. The van der Waals surface area contributed by atoms with Crippen molar-refractivity contribution in [3.05, 3.63) is 40.2 Å². The number of nitrogens with one attached hydrogen (secondary N) is 1. The van der Waals surface area contributed by atoms with E-state index in [1.54, 1.807) is 0 Å². The first-order chi connectivity index (χ1) is 9.58. The summed E-state index contributed by atoms with van der Waals surface area (Å²) in [5.74, 6) is 0.671. The van der Waals surface area contributed by atoms with Gasteiger partial charge in [0.15, 0.2) is 0 Å². The Morgan fingerprint density at radius 2 is 2.15 bits per heavy atom. The smallest absolute Gasteiger partial charge is 0.145 e. The minimum atomic E-state index is 0.285. The maximum atomic E-state index is 6.21. The molecule has 0 aliphatic rings. The Morgan fingerprint density at radius 1 is 1.35 bits per heavy atom. The lowest BCUT2D eigenvalue weighted by molar-refractivity contribution is 0.268. The number of aromatic nitrogens is 2. The number of hydrogen-bond donors (Lipinski definition) is 1. The van der Waals surface area contributed by atoms with E-state index in [1.807, 2.05) is 25.1 Å². The van der Waals surface area contributed by atoms with Gasteiger partial charge in [-0.3, -0.25) is 0 Å². The highest BCUT2D eigenvalue weighted by Crippen LogP contribution is 2.29. The quantitative estimate of drug-likeness (QED) is 0.887. The zero-order valence-corrected chi connectivity index (χ0v) is 12.6. The second kappa shape index (κ2) is 6.72. The maximum absolute atomic E-state index is 6.21. The fourth-order valence-electron chi connectivity index (χ4n) is 1.69. The van der Waals surface area contributed by atoms with E-state index in [4.69, 9.17) is 16.3 Å². The van der Waals surface area contributed by atoms with Crippen molar-refractivity contribution in [3.8, 4) is 5.75 Å². The van der Waals surface area contributed by atoms with Crippen LogP contribution in [0.3, 0.4) is 0 Å². The Labute approximate surface area is 123 Å². The van der Waals surface area contributed by atoms with Crippen molar-refractivity contribution in [1.82, 2.24) is 15.6 Å². The van der Waals surface area contributed by atoms with Crippen LogP contribution in [-0.2, 0) is 13.2 Å². The number of hydrogen-bond acceptors (Lipinski definition) is 5. The number of halogens is 1. The molecule has 1 N–H and O–H groups in total. The average molecular weight is 296 g/mol. The highest BCUT2D eigenvalue weighted by molar-refractivity contribution is 6.32. The Bertz CT molecular complexity index is 569. The van der Waals surface area contributed by atoms with Crippen LogP contribution in [0.15, 0.2) is 22.8 Å². The number of benzene rings is 1. The fourth-order valence-corrected chi connectivity index (χ4v) is 1.94. The summed E-state index contributed by atoms with van der Waals surface area (Å²) in [6.45, 7) is 6.99. The van der Waals surface area contributed by atoms with Gasteiger partial charge in [0, 0.05) is 18.2 Å². The van der Waals surface area contributed by atoms with Gasteiger partial charge in [0.05, 0.1) is 5.02 Å². The third-order valence-electron chi connectivity index (χ3n) is 2.85. The summed E-state index contributed by atoms with van der Waals surface area (Å²) in [6, 6.07) is 6.10. The van der Waals surface area contributed by atoms with E-state index in [9.17, 15) is 0 Å². The van der Waals surface area contributed by atoms with Crippen molar-refractivity contribution in [3.63, 3.8) is 0 Å². The zero-order chi connectivity index (χ0) is 14.5. The summed E-state index contributed by atoms with van der Waals surface area (Å²) in [6.07, 6.45) is 0. The molecule has 0 atom stereocenters. The maximum Gasteiger partial charge on any atom is 0.145 e. The summed E-state index contributed by atoms with van der Waals surface area (Å²) < 4.78 is 10.4. The van der Waals surface area contributed by atoms with Crippen molar-refractivity contribution in [1.29, 1.82) is 0 Å². The minimum absolute atomic E-state index is 0.285. The third-order valence-corrected chi connectivity index (χ3v) is 3.15. The molecule has 2 rings (SSSR count). The van der Waals surface area contributed by atoms with Gasteiger partial charge in [-0.1, -0.05) is 47.9 Å². The number of rotatable bonds is 6. The van der Waals surface area contributed by atoms with Crippen LogP contribution in [0.5, 0.6) is 5.75 Å². The number of nitrogens with zero attached hydrogens (tertiary/aromatic N) is 2. The van der Waals surface area contributed by atoms with E-state index in [2.05, 4.69) is 34.1 Å². The fraction of sp³-hybridized carbons (Fsp3) is 0.429. The van der Waals surface area contributed by atoms with Gasteiger partial charge >= 0.3 is 0 Å². The molecule has 0 amide bonds. The largest absolute Gasteiger partial charge is 0.485 e. The molecule has 0 bridgehead atoms. The third kappa shape index (κ3) is 3.71. The molecule has 2 aromatic rings. The van der Waals surface area contributed by atoms with Crippen molar-refractivity contribution < 1.29 is 9.37 Å². The van der Waals surface area contributed by atoms with Crippen molar-refractivity contribution in [2.45, 2.75) is 40.0 Å².